The Morgan fingerprint density at radius 3 is 2.24 bits per heavy atom. The monoisotopic (exact) mass is 426 g/mol. The molecule has 1 saturated heterocycles. The molecule has 8 nitrogen and oxygen atoms in total. The van der Waals surface area contributed by atoms with E-state index in [9.17, 15) is 13.8 Å². The van der Waals surface area contributed by atoms with Crippen molar-refractivity contribution >= 4 is 22.9 Å². The Balaban J connectivity index is 2.66. The predicted molar refractivity (Wildman–Crippen MR) is 110 cm³/mol. The topological polar surface area (TPSA) is 94.2 Å². The van der Waals surface area contributed by atoms with Crippen LogP contribution in [0.25, 0.3) is 0 Å². The molecule has 0 bridgehead atoms. The van der Waals surface area contributed by atoms with Crippen LogP contribution in [0.15, 0.2) is 12.1 Å². The summed E-state index contributed by atoms with van der Waals surface area (Å²) in [6, 6.07) is 2.51. The maximum absolute atomic E-state index is 12.9. The Morgan fingerprint density at radius 2 is 1.79 bits per heavy atom. The molecule has 0 radical (unpaired) electrons. The number of hydrogen-bond donors (Lipinski definition) is 1. The number of likely N-dealkylation sites (tertiary alicyclic amines) is 1. The lowest BCUT2D eigenvalue weighted by atomic mass is 9.89. The van der Waals surface area contributed by atoms with E-state index in [1.165, 1.54) is 27.4 Å². The van der Waals surface area contributed by atoms with Gasteiger partial charge in [0.1, 0.15) is 0 Å². The van der Waals surface area contributed by atoms with E-state index in [1.807, 2.05) is 20.8 Å². The van der Waals surface area contributed by atoms with Crippen molar-refractivity contribution in [1.82, 2.24) is 9.62 Å². The summed E-state index contributed by atoms with van der Waals surface area (Å²) in [7, 11) is 4.50. The van der Waals surface area contributed by atoms with Gasteiger partial charge in [-0.25, -0.2) is 13.7 Å². The molecule has 1 aliphatic rings. The van der Waals surface area contributed by atoms with Crippen LogP contribution in [-0.2, 0) is 20.5 Å². The van der Waals surface area contributed by atoms with Crippen LogP contribution in [0.3, 0.4) is 0 Å². The van der Waals surface area contributed by atoms with Crippen molar-refractivity contribution in [3.63, 3.8) is 0 Å². The molecule has 3 unspecified atom stereocenters. The van der Waals surface area contributed by atoms with Crippen LogP contribution >= 0.6 is 0 Å². The Morgan fingerprint density at radius 1 is 1.21 bits per heavy atom. The average molecular weight is 427 g/mol. The SMILES string of the molecule is COC(=O)c1cc(OC)c(OC)cc1C(NS(=O)C(C)(C)C)C1CCN(C)C1=O. The van der Waals surface area contributed by atoms with Crippen molar-refractivity contribution < 1.29 is 28.0 Å². The van der Waals surface area contributed by atoms with Crippen LogP contribution in [0, 0.1) is 5.92 Å². The lowest BCUT2D eigenvalue weighted by Crippen LogP contribution is -2.41. The average Bonchev–Trinajstić information content (AvgIpc) is 3.02. The standard InChI is InChI=1S/C20H30N2O6S/c1-20(2,3)29(25)21-17(12-8-9-22(4)18(12)23)13-10-15(26-5)16(27-6)11-14(13)19(24)28-7/h10-12,17,21H,8-9H2,1-7H3. The summed E-state index contributed by atoms with van der Waals surface area (Å²) in [5, 5.41) is 0. The zero-order valence-corrected chi connectivity index (χ0v) is 18.8. The fraction of sp³-hybridized carbons (Fsp3) is 0.600. The normalized spacial score (nSPS) is 19.1. The largest absolute Gasteiger partial charge is 0.493 e. The van der Waals surface area contributed by atoms with Crippen LogP contribution in [0.4, 0.5) is 0 Å². The van der Waals surface area contributed by atoms with Gasteiger partial charge in [-0.1, -0.05) is 0 Å². The van der Waals surface area contributed by atoms with Crippen molar-refractivity contribution in [2.75, 3.05) is 34.9 Å². The first-order valence-electron chi connectivity index (χ1n) is 9.32. The summed E-state index contributed by atoms with van der Waals surface area (Å²) in [5.74, 6) is -0.357. The van der Waals surface area contributed by atoms with E-state index < -0.39 is 33.7 Å². The molecule has 0 aliphatic carbocycles. The molecule has 1 aromatic carbocycles. The van der Waals surface area contributed by atoms with Crippen LogP contribution in [0.2, 0.25) is 0 Å². The van der Waals surface area contributed by atoms with Crippen molar-refractivity contribution in [3.05, 3.63) is 23.3 Å². The van der Waals surface area contributed by atoms with Gasteiger partial charge >= 0.3 is 5.97 Å². The molecule has 1 aromatic rings. The molecule has 162 valence electrons. The smallest absolute Gasteiger partial charge is 0.338 e. The number of amides is 1. The number of methoxy groups -OCH3 is 3. The lowest BCUT2D eigenvalue weighted by Gasteiger charge is -2.29. The summed E-state index contributed by atoms with van der Waals surface area (Å²) in [6.45, 7) is 6.10. The second-order valence-electron chi connectivity index (χ2n) is 7.92. The second-order valence-corrected chi connectivity index (χ2v) is 9.92. The van der Waals surface area contributed by atoms with E-state index in [1.54, 1.807) is 18.0 Å². The van der Waals surface area contributed by atoms with E-state index in [0.717, 1.165) is 0 Å². The quantitative estimate of drug-likeness (QED) is 0.671. The number of rotatable bonds is 7. The van der Waals surface area contributed by atoms with Gasteiger partial charge in [-0.3, -0.25) is 4.79 Å². The molecule has 29 heavy (non-hydrogen) atoms. The van der Waals surface area contributed by atoms with Gasteiger partial charge in [0.05, 0.1) is 54.6 Å². The van der Waals surface area contributed by atoms with E-state index in [0.29, 0.717) is 30.0 Å². The van der Waals surface area contributed by atoms with Crippen LogP contribution in [0.1, 0.15) is 49.2 Å². The summed E-state index contributed by atoms with van der Waals surface area (Å²) in [6.07, 6.45) is 0.573. The fourth-order valence-electron chi connectivity index (χ4n) is 3.25. The maximum atomic E-state index is 12.9. The molecule has 2 rings (SSSR count). The number of hydrogen-bond acceptors (Lipinski definition) is 6. The molecular formula is C20H30N2O6S. The van der Waals surface area contributed by atoms with Gasteiger partial charge in [0.2, 0.25) is 5.91 Å². The zero-order chi connectivity index (χ0) is 21.9. The molecule has 1 heterocycles. The number of ether oxygens (including phenoxy) is 3. The van der Waals surface area contributed by atoms with Gasteiger partial charge in [0.15, 0.2) is 11.5 Å². The lowest BCUT2D eigenvalue weighted by molar-refractivity contribution is -0.130. The first kappa shape index (κ1) is 23.2. The molecular weight excluding hydrogens is 396 g/mol. The Kier molecular flexibility index (Phi) is 7.29. The van der Waals surface area contributed by atoms with Crippen molar-refractivity contribution in [1.29, 1.82) is 0 Å². The summed E-state index contributed by atoms with van der Waals surface area (Å²) in [5.41, 5.74) is 0.719. The number of nitrogens with zero attached hydrogens (tertiary/aromatic N) is 1. The van der Waals surface area contributed by atoms with Crippen LogP contribution < -0.4 is 14.2 Å². The molecule has 9 heteroatoms. The Bertz CT molecular complexity index is 805. The molecule has 1 N–H and O–H groups in total. The fourth-order valence-corrected chi connectivity index (χ4v) is 4.13. The van der Waals surface area contributed by atoms with E-state index in [4.69, 9.17) is 14.2 Å². The van der Waals surface area contributed by atoms with Crippen molar-refractivity contribution in [2.45, 2.75) is 38.0 Å². The number of benzene rings is 1. The minimum absolute atomic E-state index is 0.0704. The molecule has 1 aliphatic heterocycles. The van der Waals surface area contributed by atoms with E-state index in [2.05, 4.69) is 4.72 Å². The second kappa shape index (κ2) is 9.13. The highest BCUT2D eigenvalue weighted by Crippen LogP contribution is 2.39. The third-order valence-electron chi connectivity index (χ3n) is 4.96. The van der Waals surface area contributed by atoms with Gasteiger partial charge in [0, 0.05) is 13.6 Å². The van der Waals surface area contributed by atoms with Gasteiger partial charge in [0.25, 0.3) is 0 Å². The molecule has 1 amide bonds. The minimum Gasteiger partial charge on any atom is -0.493 e. The summed E-state index contributed by atoms with van der Waals surface area (Å²) in [4.78, 5) is 27.0. The van der Waals surface area contributed by atoms with Gasteiger partial charge in [-0.2, -0.15) is 0 Å². The summed E-state index contributed by atoms with van der Waals surface area (Å²) < 4.78 is 31.1. The molecule has 3 atom stereocenters. The highest BCUT2D eigenvalue weighted by molar-refractivity contribution is 7.84. The molecule has 0 spiro atoms. The number of nitrogens with one attached hydrogen (secondary N) is 1. The van der Waals surface area contributed by atoms with Gasteiger partial charge in [-0.05, 0) is 44.9 Å². The highest BCUT2D eigenvalue weighted by atomic mass is 32.2. The van der Waals surface area contributed by atoms with Crippen molar-refractivity contribution in [3.8, 4) is 11.5 Å². The number of esters is 1. The molecule has 0 saturated carbocycles. The van der Waals surface area contributed by atoms with E-state index >= 15 is 0 Å². The first-order valence-corrected chi connectivity index (χ1v) is 10.5. The third kappa shape index (κ3) is 4.90. The Labute approximate surface area is 174 Å². The van der Waals surface area contributed by atoms with Gasteiger partial charge in [-0.15, -0.1) is 0 Å². The molecule has 1 fully saturated rings. The first-order chi connectivity index (χ1) is 13.5. The predicted octanol–water partition coefficient (Wildman–Crippen LogP) is 2.06. The zero-order valence-electron chi connectivity index (χ0n) is 18.0. The Hall–Kier alpha value is -2.13. The maximum Gasteiger partial charge on any atom is 0.338 e. The van der Waals surface area contributed by atoms with Crippen LogP contribution in [0.5, 0.6) is 11.5 Å². The van der Waals surface area contributed by atoms with E-state index in [-0.39, 0.29) is 11.5 Å². The number of carbonyl (C=O) groups excluding carboxylic acids is 2. The minimum atomic E-state index is -1.47. The molecule has 0 aromatic heterocycles. The number of carbonyl (C=O) groups is 2. The van der Waals surface area contributed by atoms with Crippen molar-refractivity contribution in [2.24, 2.45) is 5.92 Å². The van der Waals surface area contributed by atoms with Crippen LogP contribution in [-0.4, -0.2) is 60.7 Å². The third-order valence-corrected chi connectivity index (χ3v) is 6.54. The highest BCUT2D eigenvalue weighted by Gasteiger charge is 2.40. The summed E-state index contributed by atoms with van der Waals surface area (Å²) >= 11 is 0. The van der Waals surface area contributed by atoms with Gasteiger partial charge < -0.3 is 19.1 Å².